The van der Waals surface area contributed by atoms with E-state index in [1.54, 1.807) is 48.5 Å². The number of non-ortho nitro benzene ring substituents is 1. The second-order valence-electron chi connectivity index (χ2n) is 8.02. The fourth-order valence-corrected chi connectivity index (χ4v) is 6.36. The third kappa shape index (κ3) is 5.88. The van der Waals surface area contributed by atoms with Crippen molar-refractivity contribution in [3.05, 3.63) is 131 Å². The molecule has 190 valence electrons. The number of benzene rings is 4. The number of hydrogen-bond acceptors (Lipinski definition) is 9. The molecule has 11 heteroatoms. The number of nitrogens with one attached hydrogen (secondary N) is 1. The van der Waals surface area contributed by atoms with E-state index in [1.165, 1.54) is 35.6 Å². The number of para-hydroxylation sites is 2. The Morgan fingerprint density at radius 2 is 1.29 bits per heavy atom. The Kier molecular flexibility index (Phi) is 7.44. The smallest absolute Gasteiger partial charge is 0.414 e. The van der Waals surface area contributed by atoms with Crippen LogP contribution in [-0.4, -0.2) is 15.1 Å². The first-order valence-electron chi connectivity index (χ1n) is 11.5. The Morgan fingerprint density at radius 1 is 0.763 bits per heavy atom. The molecule has 0 amide bonds. The molecule has 0 bridgehead atoms. The van der Waals surface area contributed by atoms with E-state index in [2.05, 4.69) is 15.5 Å². The van der Waals surface area contributed by atoms with Crippen LogP contribution in [0.1, 0.15) is 11.3 Å². The zero-order valence-corrected chi connectivity index (χ0v) is 21.5. The highest BCUT2D eigenvalue weighted by atomic mass is 32.1. The zero-order valence-electron chi connectivity index (χ0n) is 19.8. The monoisotopic (exact) mass is 544 g/mol. The van der Waals surface area contributed by atoms with Gasteiger partial charge in [-0.3, -0.25) is 10.1 Å². The van der Waals surface area contributed by atoms with Crippen LogP contribution in [0.25, 0.3) is 10.6 Å². The molecule has 1 unspecified atom stereocenters. The number of rotatable bonds is 10. The normalized spacial score (nSPS) is 11.9. The van der Waals surface area contributed by atoms with Crippen molar-refractivity contribution in [3.8, 4) is 22.1 Å². The van der Waals surface area contributed by atoms with Crippen molar-refractivity contribution in [3.63, 3.8) is 0 Å². The number of nitrogens with zero attached hydrogens (tertiary/aromatic N) is 3. The molecule has 5 rings (SSSR count). The van der Waals surface area contributed by atoms with Gasteiger partial charge in [0.05, 0.1) is 4.92 Å². The second-order valence-corrected chi connectivity index (χ2v) is 11.0. The number of aromatic nitrogens is 2. The van der Waals surface area contributed by atoms with E-state index in [9.17, 15) is 14.7 Å². The van der Waals surface area contributed by atoms with Crippen LogP contribution in [0.2, 0.25) is 0 Å². The summed E-state index contributed by atoms with van der Waals surface area (Å²) in [5.41, 5.74) is 1.23. The fourth-order valence-electron chi connectivity index (χ4n) is 3.60. The van der Waals surface area contributed by atoms with Crippen molar-refractivity contribution in [2.24, 2.45) is 0 Å². The average molecular weight is 545 g/mol. The van der Waals surface area contributed by atoms with Crippen LogP contribution in [0.4, 0.5) is 10.8 Å². The first-order valence-corrected chi connectivity index (χ1v) is 13.9. The molecule has 0 saturated carbocycles. The van der Waals surface area contributed by atoms with Crippen LogP contribution >= 0.6 is 18.9 Å². The molecule has 0 aliphatic heterocycles. The molecule has 4 aromatic carbocycles. The standard InChI is InChI=1S/C27H21N4O5PS/c32-31(33)22-18-16-20(17-19-22)25(28-27-30-29-26(38-27)21-10-4-1-5-11-21)37(34,35-23-12-6-2-7-13-23)36-24-14-8-3-9-15-24/h1-19,25H,(H,28,30). The first kappa shape index (κ1) is 25.1. The van der Waals surface area contributed by atoms with Crippen LogP contribution in [-0.2, 0) is 4.57 Å². The molecule has 38 heavy (non-hydrogen) atoms. The number of hydrogen-bond donors (Lipinski definition) is 1. The van der Waals surface area contributed by atoms with Gasteiger partial charge in [-0.1, -0.05) is 78.1 Å². The van der Waals surface area contributed by atoms with E-state index < -0.39 is 18.3 Å². The molecule has 9 nitrogen and oxygen atoms in total. The summed E-state index contributed by atoms with van der Waals surface area (Å²) in [6, 6.07) is 32.6. The van der Waals surface area contributed by atoms with Crippen molar-refractivity contribution < 1.29 is 18.5 Å². The molecular weight excluding hydrogens is 523 g/mol. The average Bonchev–Trinajstić information content (AvgIpc) is 3.42. The van der Waals surface area contributed by atoms with Gasteiger partial charge < -0.3 is 14.4 Å². The van der Waals surface area contributed by atoms with Crippen LogP contribution in [0, 0.1) is 10.1 Å². The van der Waals surface area contributed by atoms with Crippen molar-refractivity contribution >= 4 is 29.8 Å². The Labute approximate surface area is 222 Å². The highest BCUT2D eigenvalue weighted by Crippen LogP contribution is 2.60. The zero-order chi connectivity index (χ0) is 26.4. The maximum absolute atomic E-state index is 14.7. The number of nitro groups is 1. The number of nitro benzene ring substituents is 1. The summed E-state index contributed by atoms with van der Waals surface area (Å²) in [7, 11) is -4.10. The van der Waals surface area contributed by atoms with Gasteiger partial charge in [-0.25, -0.2) is 4.57 Å². The molecule has 0 fully saturated rings. The van der Waals surface area contributed by atoms with E-state index >= 15 is 0 Å². The molecule has 5 aromatic rings. The van der Waals surface area contributed by atoms with Crippen LogP contribution in [0.15, 0.2) is 115 Å². The second kappa shape index (κ2) is 11.2. The van der Waals surface area contributed by atoms with Crippen molar-refractivity contribution in [2.75, 3.05) is 5.32 Å². The minimum atomic E-state index is -4.10. The van der Waals surface area contributed by atoms with Gasteiger partial charge in [0.15, 0.2) is 5.78 Å². The van der Waals surface area contributed by atoms with Gasteiger partial charge in [-0.15, -0.1) is 10.2 Å². The number of anilines is 1. The summed E-state index contributed by atoms with van der Waals surface area (Å²) in [6.07, 6.45) is 0. The van der Waals surface area contributed by atoms with Crippen LogP contribution in [0.3, 0.4) is 0 Å². The summed E-state index contributed by atoms with van der Waals surface area (Å²) in [4.78, 5) is 10.8. The predicted molar refractivity (Wildman–Crippen MR) is 147 cm³/mol. The molecule has 0 spiro atoms. The van der Waals surface area contributed by atoms with Gasteiger partial charge in [0, 0.05) is 17.7 Å². The van der Waals surface area contributed by atoms with Gasteiger partial charge in [0.2, 0.25) is 5.13 Å². The first-order chi connectivity index (χ1) is 18.5. The Hall–Kier alpha value is -4.53. The highest BCUT2D eigenvalue weighted by Gasteiger charge is 2.42. The summed E-state index contributed by atoms with van der Waals surface area (Å²) in [5, 5.41) is 24.0. The Bertz CT molecular complexity index is 1510. The van der Waals surface area contributed by atoms with Crippen molar-refractivity contribution in [1.29, 1.82) is 0 Å². The van der Waals surface area contributed by atoms with E-state index in [1.807, 2.05) is 42.5 Å². The van der Waals surface area contributed by atoms with E-state index in [-0.39, 0.29) is 5.69 Å². The van der Waals surface area contributed by atoms with Gasteiger partial charge in [-0.2, -0.15) is 0 Å². The Balaban J connectivity index is 1.57. The van der Waals surface area contributed by atoms with Gasteiger partial charge in [0.25, 0.3) is 5.69 Å². The van der Waals surface area contributed by atoms with Crippen molar-refractivity contribution in [2.45, 2.75) is 5.78 Å². The molecule has 1 atom stereocenters. The van der Waals surface area contributed by atoms with Gasteiger partial charge in [0.1, 0.15) is 16.5 Å². The molecule has 1 aromatic heterocycles. The lowest BCUT2D eigenvalue weighted by Crippen LogP contribution is -2.18. The Morgan fingerprint density at radius 3 is 1.82 bits per heavy atom. The van der Waals surface area contributed by atoms with E-state index in [0.29, 0.717) is 27.2 Å². The lowest BCUT2D eigenvalue weighted by atomic mass is 10.2. The molecule has 1 N–H and O–H groups in total. The largest absolute Gasteiger partial charge is 0.457 e. The maximum atomic E-state index is 14.7. The summed E-state index contributed by atoms with van der Waals surface area (Å²) in [6.45, 7) is 0. The minimum Gasteiger partial charge on any atom is -0.414 e. The van der Waals surface area contributed by atoms with E-state index in [0.717, 1.165) is 5.56 Å². The lowest BCUT2D eigenvalue weighted by Gasteiger charge is -2.28. The predicted octanol–water partition coefficient (Wildman–Crippen LogP) is 7.58. The van der Waals surface area contributed by atoms with Crippen LogP contribution < -0.4 is 14.4 Å². The summed E-state index contributed by atoms with van der Waals surface area (Å²) >= 11 is 1.27. The molecule has 0 radical (unpaired) electrons. The quantitative estimate of drug-likeness (QED) is 0.109. The van der Waals surface area contributed by atoms with Crippen molar-refractivity contribution in [1.82, 2.24) is 10.2 Å². The molecular formula is C27H21N4O5PS. The minimum absolute atomic E-state index is 0.0995. The molecule has 0 aliphatic rings. The lowest BCUT2D eigenvalue weighted by molar-refractivity contribution is -0.384. The molecule has 0 saturated heterocycles. The van der Waals surface area contributed by atoms with Gasteiger partial charge in [-0.05, 0) is 42.0 Å². The van der Waals surface area contributed by atoms with Gasteiger partial charge >= 0.3 is 7.60 Å². The third-order valence-corrected chi connectivity index (χ3v) is 8.29. The molecule has 1 heterocycles. The van der Waals surface area contributed by atoms with Crippen LogP contribution in [0.5, 0.6) is 11.5 Å². The highest BCUT2D eigenvalue weighted by molar-refractivity contribution is 7.55. The fraction of sp³-hybridized carbons (Fsp3) is 0.0370. The third-order valence-electron chi connectivity index (χ3n) is 5.39. The topological polar surface area (TPSA) is 116 Å². The van der Waals surface area contributed by atoms with E-state index in [4.69, 9.17) is 9.05 Å². The summed E-state index contributed by atoms with van der Waals surface area (Å²) < 4.78 is 26.8. The maximum Gasteiger partial charge on any atom is 0.457 e. The SMILES string of the molecule is O=[N+]([O-])c1ccc(C(Nc2nnc(-c3ccccc3)s2)P(=O)(Oc2ccccc2)Oc2ccccc2)cc1. The molecule has 0 aliphatic carbocycles. The summed E-state index contributed by atoms with van der Waals surface area (Å²) in [5.74, 6) is -0.411.